The van der Waals surface area contributed by atoms with E-state index in [2.05, 4.69) is 24.1 Å². The zero-order valence-corrected chi connectivity index (χ0v) is 16.8. The molecule has 5 nitrogen and oxygen atoms in total. The number of fused-ring (bicyclic) bond motifs is 1. The van der Waals surface area contributed by atoms with E-state index in [1.165, 1.54) is 11.3 Å². The molecule has 7 heteroatoms. The van der Waals surface area contributed by atoms with Crippen molar-refractivity contribution in [3.05, 3.63) is 39.9 Å². The van der Waals surface area contributed by atoms with Crippen LogP contribution in [0.4, 0.5) is 5.13 Å². The number of hydrogen-bond acceptors (Lipinski definition) is 5. The van der Waals surface area contributed by atoms with E-state index in [1.807, 2.05) is 0 Å². The maximum absolute atomic E-state index is 12.6. The van der Waals surface area contributed by atoms with Crippen LogP contribution in [0.2, 0.25) is 5.02 Å². The average molecular weight is 393 g/mol. The Labute approximate surface area is 161 Å². The summed E-state index contributed by atoms with van der Waals surface area (Å²) in [6, 6.07) is 6.82. The number of anilines is 1. The minimum Gasteiger partial charge on any atom is -0.478 e. The summed E-state index contributed by atoms with van der Waals surface area (Å²) in [4.78, 5) is 30.0. The van der Waals surface area contributed by atoms with E-state index in [9.17, 15) is 9.59 Å². The lowest BCUT2D eigenvalue weighted by molar-refractivity contribution is -0.128. The van der Waals surface area contributed by atoms with Crippen molar-refractivity contribution >= 4 is 39.8 Å². The third-order valence-corrected chi connectivity index (χ3v) is 5.50. The molecule has 138 valence electrons. The Hall–Kier alpha value is -1.92. The number of thiazole rings is 1. The standard InChI is InChI=1S/C19H21ClN2O3S/c1-18(2)9-13-15(14(23)10-18)26-17(21-13)22-16(24)19(3,4)25-12-7-5-11(20)6-8-12/h5-8H,9-10H2,1-4H3,(H,21,22,24). The second kappa shape index (κ2) is 6.67. The Morgan fingerprint density at radius 3 is 2.58 bits per heavy atom. The Morgan fingerprint density at radius 2 is 1.92 bits per heavy atom. The van der Waals surface area contributed by atoms with Crippen LogP contribution in [0.5, 0.6) is 5.75 Å². The van der Waals surface area contributed by atoms with Gasteiger partial charge in [-0.3, -0.25) is 14.9 Å². The molecule has 1 aliphatic carbocycles. The van der Waals surface area contributed by atoms with Crippen molar-refractivity contribution in [2.24, 2.45) is 5.41 Å². The molecule has 0 bridgehead atoms. The van der Waals surface area contributed by atoms with E-state index in [1.54, 1.807) is 38.1 Å². The van der Waals surface area contributed by atoms with Gasteiger partial charge in [0.05, 0.1) is 10.6 Å². The molecule has 0 saturated heterocycles. The maximum atomic E-state index is 12.6. The van der Waals surface area contributed by atoms with Gasteiger partial charge in [-0.25, -0.2) is 4.98 Å². The lowest BCUT2D eigenvalue weighted by atomic mass is 9.78. The first kappa shape index (κ1) is 18.9. The Balaban J connectivity index is 1.73. The van der Waals surface area contributed by atoms with Crippen molar-refractivity contribution in [1.82, 2.24) is 4.98 Å². The van der Waals surface area contributed by atoms with E-state index in [4.69, 9.17) is 16.3 Å². The fourth-order valence-corrected chi connectivity index (χ4v) is 3.91. The van der Waals surface area contributed by atoms with E-state index < -0.39 is 5.60 Å². The van der Waals surface area contributed by atoms with Gasteiger partial charge in [0.15, 0.2) is 16.5 Å². The molecule has 0 saturated carbocycles. The van der Waals surface area contributed by atoms with Crippen molar-refractivity contribution in [3.63, 3.8) is 0 Å². The maximum Gasteiger partial charge on any atom is 0.269 e. The Kier molecular flexibility index (Phi) is 4.84. The highest BCUT2D eigenvalue weighted by atomic mass is 35.5. The van der Waals surface area contributed by atoms with Gasteiger partial charge >= 0.3 is 0 Å². The molecule has 2 aromatic rings. The molecule has 3 rings (SSSR count). The number of halogens is 1. The van der Waals surface area contributed by atoms with E-state index >= 15 is 0 Å². The Morgan fingerprint density at radius 1 is 1.27 bits per heavy atom. The molecule has 0 atom stereocenters. The van der Waals surface area contributed by atoms with Crippen LogP contribution in [0, 0.1) is 5.41 Å². The number of Topliss-reactive ketones (excluding diaryl/α,β-unsaturated/α-hetero) is 1. The molecule has 0 aliphatic heterocycles. The highest BCUT2D eigenvalue weighted by molar-refractivity contribution is 7.17. The number of nitrogens with one attached hydrogen (secondary N) is 1. The number of hydrogen-bond donors (Lipinski definition) is 1. The van der Waals surface area contributed by atoms with Crippen LogP contribution < -0.4 is 10.1 Å². The molecule has 1 N–H and O–H groups in total. The molecule has 26 heavy (non-hydrogen) atoms. The lowest BCUT2D eigenvalue weighted by Crippen LogP contribution is -2.42. The van der Waals surface area contributed by atoms with Crippen LogP contribution in [0.3, 0.4) is 0 Å². The number of rotatable bonds is 4. The van der Waals surface area contributed by atoms with Gasteiger partial charge in [0.2, 0.25) is 0 Å². The van der Waals surface area contributed by atoms with Gasteiger partial charge in [-0.15, -0.1) is 0 Å². The third-order valence-electron chi connectivity index (χ3n) is 4.19. The summed E-state index contributed by atoms with van der Waals surface area (Å²) < 4.78 is 5.79. The number of aromatic nitrogens is 1. The fourth-order valence-electron chi connectivity index (χ4n) is 2.86. The zero-order valence-electron chi connectivity index (χ0n) is 15.2. The van der Waals surface area contributed by atoms with Gasteiger partial charge in [-0.2, -0.15) is 0 Å². The molecule has 0 spiro atoms. The molecule has 0 radical (unpaired) electrons. The van der Waals surface area contributed by atoms with Crippen molar-refractivity contribution < 1.29 is 14.3 Å². The molecular weight excluding hydrogens is 372 g/mol. The summed E-state index contributed by atoms with van der Waals surface area (Å²) in [6.07, 6.45) is 1.23. The highest BCUT2D eigenvalue weighted by Gasteiger charge is 2.35. The van der Waals surface area contributed by atoms with E-state index in [0.717, 1.165) is 12.1 Å². The fraction of sp³-hybridized carbons (Fsp3) is 0.421. The molecule has 0 unspecified atom stereocenters. The van der Waals surface area contributed by atoms with Crippen LogP contribution >= 0.6 is 22.9 Å². The van der Waals surface area contributed by atoms with Crippen molar-refractivity contribution in [2.75, 3.05) is 5.32 Å². The van der Waals surface area contributed by atoms with Crippen molar-refractivity contribution in [3.8, 4) is 5.75 Å². The monoisotopic (exact) mass is 392 g/mol. The van der Waals surface area contributed by atoms with Crippen LogP contribution in [-0.2, 0) is 11.2 Å². The van der Waals surface area contributed by atoms with E-state index in [-0.39, 0.29) is 17.1 Å². The topological polar surface area (TPSA) is 68.3 Å². The SMILES string of the molecule is CC1(C)CC(=O)c2sc(NC(=O)C(C)(C)Oc3ccc(Cl)cc3)nc2C1. The summed E-state index contributed by atoms with van der Waals surface area (Å²) in [5, 5.41) is 3.81. The van der Waals surface area contributed by atoms with Crippen molar-refractivity contribution in [1.29, 1.82) is 0 Å². The summed E-state index contributed by atoms with van der Waals surface area (Å²) in [5.74, 6) is 0.307. The van der Waals surface area contributed by atoms with Crippen molar-refractivity contribution in [2.45, 2.75) is 46.1 Å². The normalized spacial score (nSPS) is 16.1. The molecule has 0 fully saturated rings. The molecule has 1 aromatic carbocycles. The summed E-state index contributed by atoms with van der Waals surface area (Å²) in [5.41, 5.74) is -0.442. The number of amides is 1. The zero-order chi connectivity index (χ0) is 19.1. The number of ether oxygens (including phenoxy) is 1. The quantitative estimate of drug-likeness (QED) is 0.815. The van der Waals surface area contributed by atoms with Gasteiger partial charge in [0, 0.05) is 11.4 Å². The minimum absolute atomic E-state index is 0.0888. The molecule has 1 aliphatic rings. The largest absolute Gasteiger partial charge is 0.478 e. The van der Waals surface area contributed by atoms with Gasteiger partial charge in [0.25, 0.3) is 5.91 Å². The lowest BCUT2D eigenvalue weighted by Gasteiger charge is -2.26. The predicted molar refractivity (Wildman–Crippen MR) is 103 cm³/mol. The second-order valence-corrected chi connectivity index (χ2v) is 9.19. The molecular formula is C19H21ClN2O3S. The van der Waals surface area contributed by atoms with Crippen LogP contribution in [-0.4, -0.2) is 22.3 Å². The van der Waals surface area contributed by atoms with Gasteiger partial charge in [-0.05, 0) is 49.9 Å². The number of carbonyl (C=O) groups is 2. The highest BCUT2D eigenvalue weighted by Crippen LogP contribution is 2.38. The first-order chi connectivity index (χ1) is 12.1. The Bertz CT molecular complexity index is 856. The first-order valence-electron chi connectivity index (χ1n) is 8.35. The number of ketones is 1. The van der Waals surface area contributed by atoms with Gasteiger partial charge < -0.3 is 4.74 Å². The van der Waals surface area contributed by atoms with E-state index in [0.29, 0.717) is 27.2 Å². The average Bonchev–Trinajstić information content (AvgIpc) is 2.90. The molecule has 1 heterocycles. The summed E-state index contributed by atoms with van der Waals surface area (Å²) >= 11 is 7.10. The van der Waals surface area contributed by atoms with Crippen LogP contribution in [0.15, 0.2) is 24.3 Å². The van der Waals surface area contributed by atoms with Gasteiger partial charge in [0.1, 0.15) is 5.75 Å². The first-order valence-corrected chi connectivity index (χ1v) is 9.54. The van der Waals surface area contributed by atoms with Crippen LogP contribution in [0.1, 0.15) is 49.5 Å². The number of nitrogens with zero attached hydrogens (tertiary/aromatic N) is 1. The summed E-state index contributed by atoms with van der Waals surface area (Å²) in [7, 11) is 0. The number of benzene rings is 1. The third kappa shape index (κ3) is 4.07. The van der Waals surface area contributed by atoms with Crippen LogP contribution in [0.25, 0.3) is 0 Å². The predicted octanol–water partition coefficient (Wildman–Crippen LogP) is 4.75. The second-order valence-electron chi connectivity index (χ2n) is 7.76. The molecule has 1 amide bonds. The smallest absolute Gasteiger partial charge is 0.269 e. The molecule has 1 aromatic heterocycles. The summed E-state index contributed by atoms with van der Waals surface area (Å²) in [6.45, 7) is 7.46. The van der Waals surface area contributed by atoms with Gasteiger partial charge in [-0.1, -0.05) is 36.8 Å². The number of carbonyl (C=O) groups excluding carboxylic acids is 2. The minimum atomic E-state index is -1.11.